The minimum absolute atomic E-state index is 0.00981. The van der Waals surface area contributed by atoms with Crippen LogP contribution in [0.1, 0.15) is 21.5 Å². The number of hydrogen-bond acceptors (Lipinski definition) is 4. The van der Waals surface area contributed by atoms with Crippen molar-refractivity contribution in [2.45, 2.75) is 13.8 Å². The molecule has 1 aliphatic heterocycles. The van der Waals surface area contributed by atoms with Crippen molar-refractivity contribution in [3.8, 4) is 5.75 Å². The van der Waals surface area contributed by atoms with E-state index in [2.05, 4.69) is 10.2 Å². The van der Waals surface area contributed by atoms with Crippen LogP contribution in [0.5, 0.6) is 5.75 Å². The summed E-state index contributed by atoms with van der Waals surface area (Å²) < 4.78 is 0. The number of phenols is 1. The van der Waals surface area contributed by atoms with Crippen LogP contribution >= 0.6 is 0 Å². The molecule has 0 amide bonds. The second-order valence-corrected chi connectivity index (χ2v) is 4.87. The SMILES string of the molecule is Cc1ccc(C)c(C(=O)CN2CCNCC2)c1O. The van der Waals surface area contributed by atoms with Gasteiger partial charge in [0.1, 0.15) is 5.75 Å². The lowest BCUT2D eigenvalue weighted by molar-refractivity contribution is 0.0918. The van der Waals surface area contributed by atoms with Crippen LogP contribution in [0.25, 0.3) is 0 Å². The zero-order valence-corrected chi connectivity index (χ0v) is 11.0. The van der Waals surface area contributed by atoms with Crippen molar-refractivity contribution in [1.29, 1.82) is 0 Å². The number of carbonyl (C=O) groups excluding carboxylic acids is 1. The number of aromatic hydroxyl groups is 1. The molecule has 0 aromatic heterocycles. The van der Waals surface area contributed by atoms with Crippen LogP contribution in [0, 0.1) is 13.8 Å². The zero-order chi connectivity index (χ0) is 13.1. The quantitative estimate of drug-likeness (QED) is 0.786. The standard InChI is InChI=1S/C14H20N2O2/c1-10-3-4-11(2)14(18)13(10)12(17)9-16-7-5-15-6-8-16/h3-4,15,18H,5-9H2,1-2H3. The first-order valence-electron chi connectivity index (χ1n) is 6.35. The number of benzene rings is 1. The first-order valence-corrected chi connectivity index (χ1v) is 6.35. The van der Waals surface area contributed by atoms with E-state index in [0.29, 0.717) is 12.1 Å². The topological polar surface area (TPSA) is 52.6 Å². The highest BCUT2D eigenvalue weighted by atomic mass is 16.3. The maximum Gasteiger partial charge on any atom is 0.180 e. The molecule has 4 heteroatoms. The van der Waals surface area contributed by atoms with Gasteiger partial charge >= 0.3 is 0 Å². The van der Waals surface area contributed by atoms with Crippen LogP contribution in [-0.4, -0.2) is 48.5 Å². The molecule has 0 spiro atoms. The van der Waals surface area contributed by atoms with Gasteiger partial charge in [-0.25, -0.2) is 0 Å². The molecule has 0 saturated carbocycles. The summed E-state index contributed by atoms with van der Waals surface area (Å²) in [7, 11) is 0. The third-order valence-electron chi connectivity index (χ3n) is 3.44. The number of Topliss-reactive ketones (excluding diaryl/α,β-unsaturated/α-hetero) is 1. The van der Waals surface area contributed by atoms with Crippen LogP contribution in [-0.2, 0) is 0 Å². The number of phenolic OH excluding ortho intramolecular Hbond substituents is 1. The van der Waals surface area contributed by atoms with Crippen LogP contribution in [0.15, 0.2) is 12.1 Å². The van der Waals surface area contributed by atoms with Crippen molar-refractivity contribution in [2.24, 2.45) is 0 Å². The van der Waals surface area contributed by atoms with Crippen LogP contribution in [0.3, 0.4) is 0 Å². The summed E-state index contributed by atoms with van der Waals surface area (Å²) in [6, 6.07) is 3.73. The maximum absolute atomic E-state index is 12.3. The van der Waals surface area contributed by atoms with Gasteiger partial charge in [-0.15, -0.1) is 0 Å². The lowest BCUT2D eigenvalue weighted by Crippen LogP contribution is -2.45. The third kappa shape index (κ3) is 2.71. The maximum atomic E-state index is 12.3. The number of aryl methyl sites for hydroxylation is 2. The molecule has 4 nitrogen and oxygen atoms in total. The summed E-state index contributed by atoms with van der Waals surface area (Å²) in [5, 5.41) is 13.3. The predicted molar refractivity (Wildman–Crippen MR) is 71.2 cm³/mol. The summed E-state index contributed by atoms with van der Waals surface area (Å²) in [5.41, 5.74) is 2.08. The Bertz CT molecular complexity index is 451. The van der Waals surface area contributed by atoms with Gasteiger partial charge in [0.05, 0.1) is 12.1 Å². The average molecular weight is 248 g/mol. The second-order valence-electron chi connectivity index (χ2n) is 4.87. The molecule has 98 valence electrons. The summed E-state index contributed by atoms with van der Waals surface area (Å²) in [6.45, 7) is 7.69. The minimum Gasteiger partial charge on any atom is -0.507 e. The van der Waals surface area contributed by atoms with Crippen molar-refractivity contribution < 1.29 is 9.90 Å². The van der Waals surface area contributed by atoms with Gasteiger partial charge in [-0.05, 0) is 25.0 Å². The van der Waals surface area contributed by atoms with Crippen LogP contribution in [0.4, 0.5) is 0 Å². The predicted octanol–water partition coefficient (Wildman–Crippen LogP) is 1.10. The number of rotatable bonds is 3. The highest BCUT2D eigenvalue weighted by Gasteiger charge is 2.19. The molecule has 2 rings (SSSR count). The van der Waals surface area contributed by atoms with Crippen LogP contribution in [0.2, 0.25) is 0 Å². The molecular formula is C14H20N2O2. The fourth-order valence-corrected chi connectivity index (χ4v) is 2.30. The van der Waals surface area contributed by atoms with E-state index in [4.69, 9.17) is 0 Å². The first-order chi connectivity index (χ1) is 8.59. The number of nitrogens with zero attached hydrogens (tertiary/aromatic N) is 1. The van der Waals surface area contributed by atoms with E-state index in [9.17, 15) is 9.90 Å². The fraction of sp³-hybridized carbons (Fsp3) is 0.500. The third-order valence-corrected chi connectivity index (χ3v) is 3.44. The second kappa shape index (κ2) is 5.50. The van der Waals surface area contributed by atoms with Gasteiger partial charge in [0.2, 0.25) is 0 Å². The molecule has 1 fully saturated rings. The van der Waals surface area contributed by atoms with E-state index in [1.807, 2.05) is 26.0 Å². The first kappa shape index (κ1) is 13.1. The van der Waals surface area contributed by atoms with Crippen molar-refractivity contribution in [1.82, 2.24) is 10.2 Å². The molecule has 1 aromatic carbocycles. The van der Waals surface area contributed by atoms with E-state index in [-0.39, 0.29) is 11.5 Å². The molecule has 0 bridgehead atoms. The molecule has 1 aromatic rings. The molecule has 2 N–H and O–H groups in total. The molecule has 18 heavy (non-hydrogen) atoms. The highest BCUT2D eigenvalue weighted by Crippen LogP contribution is 2.25. The summed E-state index contributed by atoms with van der Waals surface area (Å²) in [6.07, 6.45) is 0. The van der Waals surface area contributed by atoms with Gasteiger partial charge in [-0.2, -0.15) is 0 Å². The summed E-state index contributed by atoms with van der Waals surface area (Å²) in [5.74, 6) is 0.144. The lowest BCUT2D eigenvalue weighted by Gasteiger charge is -2.26. The van der Waals surface area contributed by atoms with E-state index in [1.54, 1.807) is 0 Å². The van der Waals surface area contributed by atoms with E-state index < -0.39 is 0 Å². The zero-order valence-electron chi connectivity index (χ0n) is 11.0. The highest BCUT2D eigenvalue weighted by molar-refractivity contribution is 6.01. The van der Waals surface area contributed by atoms with E-state index >= 15 is 0 Å². The Morgan fingerprint density at radius 2 is 1.89 bits per heavy atom. The van der Waals surface area contributed by atoms with Crippen molar-refractivity contribution in [3.63, 3.8) is 0 Å². The molecule has 0 unspecified atom stereocenters. The number of ketones is 1. The number of nitrogens with one attached hydrogen (secondary N) is 1. The summed E-state index contributed by atoms with van der Waals surface area (Å²) >= 11 is 0. The Kier molecular flexibility index (Phi) is 3.99. The van der Waals surface area contributed by atoms with Crippen molar-refractivity contribution in [2.75, 3.05) is 32.7 Å². The normalized spacial score (nSPS) is 16.8. The molecule has 1 aliphatic rings. The van der Waals surface area contributed by atoms with E-state index in [0.717, 1.165) is 37.3 Å². The van der Waals surface area contributed by atoms with Crippen molar-refractivity contribution >= 4 is 5.78 Å². The van der Waals surface area contributed by atoms with Gasteiger partial charge in [-0.3, -0.25) is 9.69 Å². The molecule has 0 radical (unpaired) electrons. The fourth-order valence-electron chi connectivity index (χ4n) is 2.30. The number of carbonyl (C=O) groups is 1. The monoisotopic (exact) mass is 248 g/mol. The number of hydrogen-bond donors (Lipinski definition) is 2. The van der Waals surface area contributed by atoms with E-state index in [1.165, 1.54) is 0 Å². The molecule has 0 aliphatic carbocycles. The Hall–Kier alpha value is -1.39. The van der Waals surface area contributed by atoms with Gasteiger partial charge < -0.3 is 10.4 Å². The molecule has 0 atom stereocenters. The lowest BCUT2D eigenvalue weighted by atomic mass is 10.00. The smallest absolute Gasteiger partial charge is 0.180 e. The van der Waals surface area contributed by atoms with Crippen molar-refractivity contribution in [3.05, 3.63) is 28.8 Å². The Balaban J connectivity index is 2.15. The Morgan fingerprint density at radius 3 is 2.56 bits per heavy atom. The Morgan fingerprint density at radius 1 is 1.28 bits per heavy atom. The van der Waals surface area contributed by atoms with Gasteiger partial charge in [0.25, 0.3) is 0 Å². The minimum atomic E-state index is 0.00981. The molecular weight excluding hydrogens is 228 g/mol. The largest absolute Gasteiger partial charge is 0.507 e. The molecule has 1 heterocycles. The van der Waals surface area contributed by atoms with Crippen LogP contribution < -0.4 is 5.32 Å². The van der Waals surface area contributed by atoms with Gasteiger partial charge in [0, 0.05) is 26.2 Å². The summed E-state index contributed by atoms with van der Waals surface area (Å²) in [4.78, 5) is 14.4. The average Bonchev–Trinajstić information content (AvgIpc) is 2.36. The van der Waals surface area contributed by atoms with Gasteiger partial charge in [0.15, 0.2) is 5.78 Å². The molecule has 1 saturated heterocycles. The van der Waals surface area contributed by atoms with Gasteiger partial charge in [-0.1, -0.05) is 12.1 Å². The Labute approximate surface area is 108 Å². The number of piperazine rings is 1.